The van der Waals surface area contributed by atoms with Crippen molar-refractivity contribution in [1.29, 1.82) is 0 Å². The standard InChI is InChI=1S/C23H26ClN3O3/c1-2-17-30-27(18-28)22-9-5-20(6-10-22)23(29)26-15-13-25(14-16-26)12-11-19-3-7-21(24)8-4-19/h2-10,18H,1,11-17H2. The van der Waals surface area contributed by atoms with Gasteiger partial charge >= 0.3 is 0 Å². The molecule has 7 heteroatoms. The van der Waals surface area contributed by atoms with E-state index in [0.29, 0.717) is 30.8 Å². The molecule has 0 aliphatic carbocycles. The Kier molecular flexibility index (Phi) is 8.02. The lowest BCUT2D eigenvalue weighted by Crippen LogP contribution is -2.49. The summed E-state index contributed by atoms with van der Waals surface area (Å²) in [6, 6.07) is 14.8. The van der Waals surface area contributed by atoms with E-state index < -0.39 is 0 Å². The van der Waals surface area contributed by atoms with Crippen LogP contribution in [-0.2, 0) is 16.1 Å². The molecule has 158 valence electrons. The molecule has 1 aliphatic rings. The summed E-state index contributed by atoms with van der Waals surface area (Å²) < 4.78 is 0. The molecule has 0 radical (unpaired) electrons. The average molecular weight is 428 g/mol. The number of hydrogen-bond acceptors (Lipinski definition) is 4. The number of amides is 2. The van der Waals surface area contributed by atoms with Crippen molar-refractivity contribution in [3.05, 3.63) is 77.3 Å². The van der Waals surface area contributed by atoms with Gasteiger partial charge in [0.25, 0.3) is 5.91 Å². The molecule has 1 saturated heterocycles. The van der Waals surface area contributed by atoms with Crippen molar-refractivity contribution in [2.75, 3.05) is 44.4 Å². The molecule has 0 atom stereocenters. The van der Waals surface area contributed by atoms with E-state index >= 15 is 0 Å². The topological polar surface area (TPSA) is 53.1 Å². The fraction of sp³-hybridized carbons (Fsp3) is 0.304. The van der Waals surface area contributed by atoms with Crippen LogP contribution in [0.3, 0.4) is 0 Å². The Morgan fingerprint density at radius 1 is 1.07 bits per heavy atom. The summed E-state index contributed by atoms with van der Waals surface area (Å²) >= 11 is 5.93. The third kappa shape index (κ3) is 5.92. The molecule has 2 aromatic carbocycles. The molecule has 1 aliphatic heterocycles. The maximum atomic E-state index is 12.8. The highest BCUT2D eigenvalue weighted by Gasteiger charge is 2.22. The molecule has 1 fully saturated rings. The van der Waals surface area contributed by atoms with Crippen LogP contribution in [0.5, 0.6) is 0 Å². The first kappa shape index (κ1) is 22.0. The van der Waals surface area contributed by atoms with Crippen LogP contribution >= 0.6 is 11.6 Å². The smallest absolute Gasteiger partial charge is 0.253 e. The molecule has 3 rings (SSSR count). The van der Waals surface area contributed by atoms with Gasteiger partial charge in [0.2, 0.25) is 6.41 Å². The zero-order chi connectivity index (χ0) is 21.3. The zero-order valence-corrected chi connectivity index (χ0v) is 17.6. The van der Waals surface area contributed by atoms with Crippen molar-refractivity contribution in [2.45, 2.75) is 6.42 Å². The zero-order valence-electron chi connectivity index (χ0n) is 16.9. The molecular weight excluding hydrogens is 402 g/mol. The third-order valence-electron chi connectivity index (χ3n) is 5.09. The highest BCUT2D eigenvalue weighted by Crippen LogP contribution is 2.17. The van der Waals surface area contributed by atoms with Crippen molar-refractivity contribution in [2.24, 2.45) is 0 Å². The number of carbonyl (C=O) groups is 2. The summed E-state index contributed by atoms with van der Waals surface area (Å²) in [6.07, 6.45) is 3.11. The Balaban J connectivity index is 1.49. The average Bonchev–Trinajstić information content (AvgIpc) is 2.79. The van der Waals surface area contributed by atoms with Crippen LogP contribution in [0.25, 0.3) is 0 Å². The minimum Gasteiger partial charge on any atom is -0.336 e. The second-order valence-electron chi connectivity index (χ2n) is 7.07. The first-order valence-electron chi connectivity index (χ1n) is 9.95. The van der Waals surface area contributed by atoms with Crippen molar-refractivity contribution >= 4 is 29.6 Å². The lowest BCUT2D eigenvalue weighted by atomic mass is 10.1. The maximum absolute atomic E-state index is 12.8. The number of benzene rings is 2. The minimum atomic E-state index is 0.00330. The molecule has 0 bridgehead atoms. The van der Waals surface area contributed by atoms with Crippen molar-refractivity contribution in [1.82, 2.24) is 9.80 Å². The molecule has 0 N–H and O–H groups in total. The van der Waals surface area contributed by atoms with E-state index in [2.05, 4.69) is 23.6 Å². The Morgan fingerprint density at radius 3 is 2.33 bits per heavy atom. The molecule has 0 spiro atoms. The van der Waals surface area contributed by atoms with Gasteiger partial charge in [-0.25, -0.2) is 0 Å². The first-order valence-corrected chi connectivity index (χ1v) is 10.3. The predicted molar refractivity (Wildman–Crippen MR) is 119 cm³/mol. The Morgan fingerprint density at radius 2 is 1.73 bits per heavy atom. The lowest BCUT2D eigenvalue weighted by Gasteiger charge is -2.34. The van der Waals surface area contributed by atoms with Gasteiger partial charge in [-0.05, 0) is 48.4 Å². The lowest BCUT2D eigenvalue weighted by molar-refractivity contribution is -0.113. The number of hydrogen-bond donors (Lipinski definition) is 0. The number of anilines is 1. The van der Waals surface area contributed by atoms with Crippen LogP contribution in [0.15, 0.2) is 61.2 Å². The van der Waals surface area contributed by atoms with E-state index in [-0.39, 0.29) is 12.5 Å². The van der Waals surface area contributed by atoms with Crippen molar-refractivity contribution in [3.63, 3.8) is 0 Å². The Bertz CT molecular complexity index is 847. The maximum Gasteiger partial charge on any atom is 0.253 e. The van der Waals surface area contributed by atoms with E-state index in [1.807, 2.05) is 17.0 Å². The Labute approximate surface area is 182 Å². The van der Waals surface area contributed by atoms with E-state index in [1.54, 1.807) is 30.3 Å². The van der Waals surface area contributed by atoms with Crippen LogP contribution in [0.4, 0.5) is 5.69 Å². The van der Waals surface area contributed by atoms with E-state index in [4.69, 9.17) is 16.4 Å². The molecule has 2 aromatic rings. The predicted octanol–water partition coefficient (Wildman–Crippen LogP) is 3.42. The normalized spacial score (nSPS) is 14.4. The second kappa shape index (κ2) is 10.9. The summed E-state index contributed by atoms with van der Waals surface area (Å²) in [5.74, 6) is 0.00330. The molecule has 1 heterocycles. The van der Waals surface area contributed by atoms with E-state index in [1.165, 1.54) is 5.56 Å². The second-order valence-corrected chi connectivity index (χ2v) is 7.51. The number of hydroxylamine groups is 1. The molecule has 30 heavy (non-hydrogen) atoms. The van der Waals surface area contributed by atoms with Gasteiger partial charge < -0.3 is 4.90 Å². The number of carbonyl (C=O) groups excluding carboxylic acids is 2. The van der Waals surface area contributed by atoms with Gasteiger partial charge in [0.15, 0.2) is 0 Å². The number of nitrogens with zero attached hydrogens (tertiary/aromatic N) is 3. The van der Waals surface area contributed by atoms with Crippen LogP contribution in [0.2, 0.25) is 5.02 Å². The van der Waals surface area contributed by atoms with Crippen molar-refractivity contribution in [3.8, 4) is 0 Å². The molecule has 0 saturated carbocycles. The monoisotopic (exact) mass is 427 g/mol. The van der Waals surface area contributed by atoms with E-state index in [9.17, 15) is 9.59 Å². The molecular formula is C23H26ClN3O3. The van der Waals surface area contributed by atoms with Crippen molar-refractivity contribution < 1.29 is 14.4 Å². The van der Waals surface area contributed by atoms with Gasteiger partial charge in [-0.2, -0.15) is 5.06 Å². The van der Waals surface area contributed by atoms with E-state index in [0.717, 1.165) is 36.1 Å². The number of piperazine rings is 1. The van der Waals surface area contributed by atoms with Crippen LogP contribution in [0.1, 0.15) is 15.9 Å². The highest BCUT2D eigenvalue weighted by molar-refractivity contribution is 6.30. The van der Waals surface area contributed by atoms with Crippen LogP contribution < -0.4 is 5.06 Å². The molecule has 6 nitrogen and oxygen atoms in total. The first-order chi connectivity index (χ1) is 14.6. The molecule has 2 amide bonds. The summed E-state index contributed by atoms with van der Waals surface area (Å²) in [6.45, 7) is 7.85. The fourth-order valence-electron chi connectivity index (χ4n) is 3.35. The summed E-state index contributed by atoms with van der Waals surface area (Å²) in [5.41, 5.74) is 2.43. The highest BCUT2D eigenvalue weighted by atomic mass is 35.5. The van der Waals surface area contributed by atoms with Gasteiger partial charge in [0.1, 0.15) is 0 Å². The van der Waals surface area contributed by atoms with Gasteiger partial charge in [0, 0.05) is 43.3 Å². The molecule has 0 unspecified atom stereocenters. The SMILES string of the molecule is C=CCON(C=O)c1ccc(C(=O)N2CCN(CCc3ccc(Cl)cc3)CC2)cc1. The summed E-state index contributed by atoms with van der Waals surface area (Å²) in [7, 11) is 0. The third-order valence-corrected chi connectivity index (χ3v) is 5.34. The fourth-order valence-corrected chi connectivity index (χ4v) is 3.47. The summed E-state index contributed by atoms with van der Waals surface area (Å²) in [5, 5.41) is 1.87. The van der Waals surface area contributed by atoms with Crippen LogP contribution in [0, 0.1) is 0 Å². The molecule has 0 aromatic heterocycles. The number of rotatable bonds is 9. The quantitative estimate of drug-likeness (QED) is 0.349. The Hall–Kier alpha value is -2.67. The largest absolute Gasteiger partial charge is 0.336 e. The minimum absolute atomic E-state index is 0.00330. The van der Waals surface area contributed by atoms with Gasteiger partial charge in [-0.3, -0.25) is 19.3 Å². The summed E-state index contributed by atoms with van der Waals surface area (Å²) in [4.78, 5) is 33.5. The van der Waals surface area contributed by atoms with Gasteiger partial charge in [-0.15, -0.1) is 6.58 Å². The van der Waals surface area contributed by atoms with Crippen LogP contribution in [-0.4, -0.2) is 61.4 Å². The van der Waals surface area contributed by atoms with Gasteiger partial charge in [-0.1, -0.05) is 29.8 Å². The van der Waals surface area contributed by atoms with Gasteiger partial charge in [0.05, 0.1) is 12.3 Å². The number of halogens is 1.